The van der Waals surface area contributed by atoms with Crippen LogP contribution in [0.15, 0.2) is 11.2 Å². The lowest BCUT2D eigenvalue weighted by Gasteiger charge is -2.42. The van der Waals surface area contributed by atoms with E-state index in [2.05, 4.69) is 15.3 Å². The van der Waals surface area contributed by atoms with Gasteiger partial charge in [-0.2, -0.15) is 13.2 Å². The lowest BCUT2D eigenvalue weighted by atomic mass is 9.82. The lowest BCUT2D eigenvalue weighted by Crippen LogP contribution is -2.55. The molecule has 1 aliphatic carbocycles. The van der Waals surface area contributed by atoms with Crippen LogP contribution in [0.4, 0.5) is 24.7 Å². The minimum Gasteiger partial charge on any atom is -0.383 e. The van der Waals surface area contributed by atoms with Gasteiger partial charge in [0.25, 0.3) is 0 Å². The zero-order chi connectivity index (χ0) is 19.1. The number of pyridine rings is 1. The van der Waals surface area contributed by atoms with Gasteiger partial charge in [-0.25, -0.2) is 9.98 Å². The van der Waals surface area contributed by atoms with Crippen LogP contribution in [0.3, 0.4) is 0 Å². The highest BCUT2D eigenvalue weighted by atomic mass is 19.4. The van der Waals surface area contributed by atoms with E-state index >= 15 is 0 Å². The third kappa shape index (κ3) is 3.64. The lowest BCUT2D eigenvalue weighted by molar-refractivity contribution is -0.137. The smallest absolute Gasteiger partial charge is 0.383 e. The number of fused-ring (bicyclic) bond motifs is 1. The summed E-state index contributed by atoms with van der Waals surface area (Å²) in [6, 6.07) is 0. The predicted molar refractivity (Wildman–Crippen MR) is 93.8 cm³/mol. The zero-order valence-electron chi connectivity index (χ0n) is 14.8. The number of nitrogens with zero attached hydrogens (tertiary/aromatic N) is 2. The van der Waals surface area contributed by atoms with Crippen LogP contribution in [0.2, 0.25) is 0 Å². The molecule has 0 amide bonds. The average Bonchev–Trinajstić information content (AvgIpc) is 2.53. The average molecular weight is 371 g/mol. The minimum atomic E-state index is -4.56. The fourth-order valence-electron chi connectivity index (χ4n) is 3.66. The number of halogens is 3. The van der Waals surface area contributed by atoms with Crippen molar-refractivity contribution in [2.45, 2.75) is 63.7 Å². The molecule has 2 heterocycles. The van der Waals surface area contributed by atoms with Crippen molar-refractivity contribution in [2.75, 3.05) is 11.1 Å². The molecule has 0 radical (unpaired) electrons. The van der Waals surface area contributed by atoms with Crippen molar-refractivity contribution in [1.82, 2.24) is 4.98 Å². The van der Waals surface area contributed by atoms with Crippen LogP contribution < -0.4 is 16.8 Å². The highest BCUT2D eigenvalue weighted by Gasteiger charge is 2.43. The second-order valence-electron chi connectivity index (χ2n) is 7.21. The first-order valence-corrected chi connectivity index (χ1v) is 8.73. The molecule has 0 saturated heterocycles. The van der Waals surface area contributed by atoms with Gasteiger partial charge in [0, 0.05) is 18.3 Å². The zero-order valence-corrected chi connectivity index (χ0v) is 14.8. The summed E-state index contributed by atoms with van der Waals surface area (Å²) >= 11 is 0. The van der Waals surface area contributed by atoms with E-state index in [0.29, 0.717) is 0 Å². The SMILES string of the molecule is CC(C)OC1CCC(C2(N)N=Cc3c(N)ncc(C(F)(F)F)c3N2)CC1. The summed E-state index contributed by atoms with van der Waals surface area (Å²) in [4.78, 5) is 7.94. The topological polar surface area (TPSA) is 98.5 Å². The summed E-state index contributed by atoms with van der Waals surface area (Å²) in [7, 11) is 0. The molecular formula is C17H24F3N5O. The van der Waals surface area contributed by atoms with Crippen molar-refractivity contribution in [3.05, 3.63) is 17.3 Å². The second-order valence-corrected chi connectivity index (χ2v) is 7.21. The first-order valence-electron chi connectivity index (χ1n) is 8.73. The van der Waals surface area contributed by atoms with Gasteiger partial charge >= 0.3 is 6.18 Å². The van der Waals surface area contributed by atoms with Gasteiger partial charge in [-0.15, -0.1) is 0 Å². The molecule has 3 rings (SSSR count). The molecule has 26 heavy (non-hydrogen) atoms. The molecule has 5 N–H and O–H groups in total. The molecule has 1 aromatic rings. The molecule has 1 saturated carbocycles. The molecule has 0 bridgehead atoms. The van der Waals surface area contributed by atoms with Crippen LogP contribution in [-0.2, 0) is 10.9 Å². The van der Waals surface area contributed by atoms with E-state index in [9.17, 15) is 13.2 Å². The van der Waals surface area contributed by atoms with Crippen molar-refractivity contribution in [3.63, 3.8) is 0 Å². The van der Waals surface area contributed by atoms with Crippen molar-refractivity contribution in [1.29, 1.82) is 0 Å². The quantitative estimate of drug-likeness (QED) is 0.758. The van der Waals surface area contributed by atoms with Crippen molar-refractivity contribution < 1.29 is 17.9 Å². The maximum atomic E-state index is 13.4. The molecule has 1 aliphatic heterocycles. The third-order valence-electron chi connectivity index (χ3n) is 4.95. The molecule has 0 aromatic carbocycles. The highest BCUT2D eigenvalue weighted by Crippen LogP contribution is 2.42. The van der Waals surface area contributed by atoms with Gasteiger partial charge < -0.3 is 15.8 Å². The Labute approximate surface area is 150 Å². The van der Waals surface area contributed by atoms with Crippen LogP contribution in [-0.4, -0.2) is 29.2 Å². The Morgan fingerprint density at radius 1 is 1.27 bits per heavy atom. The fourth-order valence-corrected chi connectivity index (χ4v) is 3.66. The van der Waals surface area contributed by atoms with E-state index in [-0.39, 0.29) is 35.2 Å². The largest absolute Gasteiger partial charge is 0.419 e. The van der Waals surface area contributed by atoms with Gasteiger partial charge in [-0.1, -0.05) is 0 Å². The summed E-state index contributed by atoms with van der Waals surface area (Å²) in [6.07, 6.45) is 0.810. The van der Waals surface area contributed by atoms with Crippen LogP contribution >= 0.6 is 0 Å². The summed E-state index contributed by atoms with van der Waals surface area (Å²) in [6.45, 7) is 3.97. The van der Waals surface area contributed by atoms with E-state index < -0.39 is 17.5 Å². The molecule has 1 aromatic heterocycles. The molecule has 2 aliphatic rings. The number of anilines is 2. The fraction of sp³-hybridized carbons (Fsp3) is 0.647. The van der Waals surface area contributed by atoms with E-state index in [0.717, 1.165) is 31.9 Å². The third-order valence-corrected chi connectivity index (χ3v) is 4.95. The molecule has 1 atom stereocenters. The number of ether oxygens (including phenoxy) is 1. The van der Waals surface area contributed by atoms with Crippen LogP contribution in [0, 0.1) is 5.92 Å². The Hall–Kier alpha value is -1.87. The number of nitrogens with two attached hydrogens (primary N) is 2. The van der Waals surface area contributed by atoms with Crippen LogP contribution in [0.5, 0.6) is 0 Å². The van der Waals surface area contributed by atoms with E-state index in [4.69, 9.17) is 16.2 Å². The van der Waals surface area contributed by atoms with Gasteiger partial charge in [0.2, 0.25) is 0 Å². The molecule has 1 unspecified atom stereocenters. The minimum absolute atomic E-state index is 0.0136. The Kier molecular flexibility index (Phi) is 4.87. The van der Waals surface area contributed by atoms with E-state index in [1.807, 2.05) is 13.8 Å². The normalized spacial score (nSPS) is 28.7. The molecule has 144 valence electrons. The first-order chi connectivity index (χ1) is 12.1. The van der Waals surface area contributed by atoms with Crippen molar-refractivity contribution in [2.24, 2.45) is 16.6 Å². The maximum absolute atomic E-state index is 13.4. The summed E-state index contributed by atoms with van der Waals surface area (Å²) < 4.78 is 45.9. The van der Waals surface area contributed by atoms with Gasteiger partial charge in [-0.05, 0) is 39.5 Å². The maximum Gasteiger partial charge on any atom is 0.419 e. The summed E-state index contributed by atoms with van der Waals surface area (Å²) in [5.41, 5.74) is 11.2. The number of nitrogen functional groups attached to an aromatic ring is 1. The molecule has 0 spiro atoms. The summed E-state index contributed by atoms with van der Waals surface area (Å²) in [5, 5.41) is 2.81. The number of aromatic nitrogens is 1. The van der Waals surface area contributed by atoms with Gasteiger partial charge in [0.05, 0.1) is 29.0 Å². The van der Waals surface area contributed by atoms with E-state index in [1.165, 1.54) is 6.21 Å². The summed E-state index contributed by atoms with van der Waals surface area (Å²) in [5.74, 6) is -1.42. The first kappa shape index (κ1) is 18.9. The number of rotatable bonds is 3. The number of alkyl halides is 3. The Morgan fingerprint density at radius 2 is 1.92 bits per heavy atom. The number of hydrogen-bond donors (Lipinski definition) is 3. The van der Waals surface area contributed by atoms with Gasteiger partial charge in [0.15, 0.2) is 5.79 Å². The molecule has 1 fully saturated rings. The standard InChI is InChI=1S/C17H24F3N5O/c1-9(2)26-11-5-3-10(4-6-11)17(22)24-7-12-14(25-17)13(16(18,19)20)8-23-15(12)21/h7-11,25H,3-6,22H2,1-2H3,(H2,21,23). The Bertz CT molecular complexity index is 698. The molecular weight excluding hydrogens is 347 g/mol. The molecule has 9 heteroatoms. The predicted octanol–water partition coefficient (Wildman–Crippen LogP) is 3.12. The number of aliphatic imine (C=N–C) groups is 1. The Morgan fingerprint density at radius 3 is 2.50 bits per heavy atom. The number of hydrogen-bond acceptors (Lipinski definition) is 6. The monoisotopic (exact) mass is 371 g/mol. The Balaban J connectivity index is 1.83. The molecule has 6 nitrogen and oxygen atoms in total. The van der Waals surface area contributed by atoms with Gasteiger partial charge in [0.1, 0.15) is 5.82 Å². The van der Waals surface area contributed by atoms with Gasteiger partial charge in [-0.3, -0.25) is 5.73 Å². The van der Waals surface area contributed by atoms with Crippen molar-refractivity contribution >= 4 is 17.7 Å². The number of nitrogens with one attached hydrogen (secondary N) is 1. The van der Waals surface area contributed by atoms with Crippen molar-refractivity contribution in [3.8, 4) is 0 Å². The van der Waals surface area contributed by atoms with E-state index in [1.54, 1.807) is 0 Å². The highest BCUT2D eigenvalue weighted by molar-refractivity contribution is 5.96. The van der Waals surface area contributed by atoms with Crippen LogP contribution in [0.25, 0.3) is 0 Å². The second kappa shape index (κ2) is 6.70. The van der Waals surface area contributed by atoms with Crippen LogP contribution in [0.1, 0.15) is 50.7 Å².